The van der Waals surface area contributed by atoms with E-state index in [0.29, 0.717) is 17.9 Å². The summed E-state index contributed by atoms with van der Waals surface area (Å²) >= 11 is 0. The molecule has 4 nitrogen and oxygen atoms in total. The fraction of sp³-hybridized carbons (Fsp3) is 0.538. The summed E-state index contributed by atoms with van der Waals surface area (Å²) in [6.07, 6.45) is 1.02. The lowest BCUT2D eigenvalue weighted by Crippen LogP contribution is -2.26. The summed E-state index contributed by atoms with van der Waals surface area (Å²) in [7, 11) is 3.18. The molecule has 0 radical (unpaired) electrons. The number of halogens is 1. The third-order valence-electron chi connectivity index (χ3n) is 2.80. The molecule has 0 bridgehead atoms. The van der Waals surface area contributed by atoms with E-state index in [0.717, 1.165) is 12.0 Å². The highest BCUT2D eigenvalue weighted by Gasteiger charge is 2.19. The molecule has 0 heterocycles. The monoisotopic (exact) mass is 275 g/mol. The van der Waals surface area contributed by atoms with Crippen molar-refractivity contribution in [2.45, 2.75) is 31.9 Å². The van der Waals surface area contributed by atoms with Crippen LogP contribution in [-0.2, 0) is 0 Å². The molecule has 0 saturated carbocycles. The first-order chi connectivity index (χ1) is 8.13. The summed E-state index contributed by atoms with van der Waals surface area (Å²) in [4.78, 5) is 0. The lowest BCUT2D eigenvalue weighted by atomic mass is 9.98. The Balaban J connectivity index is 0.00000289. The highest BCUT2D eigenvalue weighted by molar-refractivity contribution is 5.85. The van der Waals surface area contributed by atoms with Gasteiger partial charge in [0.2, 0.25) is 0 Å². The van der Waals surface area contributed by atoms with Gasteiger partial charge in [0, 0.05) is 11.6 Å². The molecular formula is C13H22ClNO3. The summed E-state index contributed by atoms with van der Waals surface area (Å²) in [6.45, 7) is 2.02. The molecule has 0 fully saturated rings. The summed E-state index contributed by atoms with van der Waals surface area (Å²) in [5.74, 6) is 1.36. The van der Waals surface area contributed by atoms with Crippen LogP contribution in [-0.4, -0.2) is 25.4 Å². The molecule has 1 aromatic carbocycles. The van der Waals surface area contributed by atoms with E-state index >= 15 is 0 Å². The third-order valence-corrected chi connectivity index (χ3v) is 2.80. The van der Waals surface area contributed by atoms with Gasteiger partial charge in [-0.05, 0) is 18.6 Å². The number of benzene rings is 1. The number of aliphatic hydroxyl groups is 1. The average Bonchev–Trinajstić information content (AvgIpc) is 2.37. The van der Waals surface area contributed by atoms with Gasteiger partial charge in [-0.3, -0.25) is 0 Å². The predicted octanol–water partition coefficient (Wildman–Crippen LogP) is 2.29. The molecule has 0 amide bonds. The Labute approximate surface area is 115 Å². The zero-order chi connectivity index (χ0) is 12.8. The zero-order valence-electron chi connectivity index (χ0n) is 11.1. The first kappa shape index (κ1) is 17.0. The van der Waals surface area contributed by atoms with Crippen LogP contribution in [0.3, 0.4) is 0 Å². The molecule has 0 aliphatic carbocycles. The topological polar surface area (TPSA) is 64.7 Å². The predicted molar refractivity (Wildman–Crippen MR) is 74.6 cm³/mol. The van der Waals surface area contributed by atoms with E-state index in [2.05, 4.69) is 0 Å². The number of hydrogen-bond donors (Lipinski definition) is 2. The van der Waals surface area contributed by atoms with E-state index in [1.54, 1.807) is 20.3 Å². The van der Waals surface area contributed by atoms with Crippen LogP contribution in [0.2, 0.25) is 0 Å². The summed E-state index contributed by atoms with van der Waals surface area (Å²) in [5.41, 5.74) is 6.82. The minimum absolute atomic E-state index is 0. The van der Waals surface area contributed by atoms with Crippen molar-refractivity contribution in [2.75, 3.05) is 14.2 Å². The van der Waals surface area contributed by atoms with E-state index in [-0.39, 0.29) is 12.4 Å². The van der Waals surface area contributed by atoms with E-state index < -0.39 is 12.1 Å². The number of rotatable bonds is 6. The van der Waals surface area contributed by atoms with Crippen molar-refractivity contribution >= 4 is 12.4 Å². The van der Waals surface area contributed by atoms with Crippen LogP contribution >= 0.6 is 12.4 Å². The molecule has 18 heavy (non-hydrogen) atoms. The quantitative estimate of drug-likeness (QED) is 0.836. The van der Waals surface area contributed by atoms with E-state index in [4.69, 9.17) is 15.2 Å². The SMILES string of the molecule is CCC[C@H](O)[C@H](N)c1ccc(OC)cc1OC.Cl. The van der Waals surface area contributed by atoms with Gasteiger partial charge >= 0.3 is 0 Å². The van der Waals surface area contributed by atoms with Crippen LogP contribution in [0.5, 0.6) is 11.5 Å². The van der Waals surface area contributed by atoms with E-state index in [1.165, 1.54) is 0 Å². The fourth-order valence-corrected chi connectivity index (χ4v) is 1.78. The molecule has 3 N–H and O–H groups in total. The highest BCUT2D eigenvalue weighted by Crippen LogP contribution is 2.30. The van der Waals surface area contributed by atoms with Crippen LogP contribution in [0.4, 0.5) is 0 Å². The van der Waals surface area contributed by atoms with Crippen LogP contribution in [0.1, 0.15) is 31.4 Å². The molecule has 0 saturated heterocycles. The zero-order valence-corrected chi connectivity index (χ0v) is 11.9. The molecule has 0 spiro atoms. The van der Waals surface area contributed by atoms with Crippen molar-refractivity contribution in [1.29, 1.82) is 0 Å². The average molecular weight is 276 g/mol. The summed E-state index contributed by atoms with van der Waals surface area (Å²) in [5, 5.41) is 9.91. The van der Waals surface area contributed by atoms with Crippen LogP contribution < -0.4 is 15.2 Å². The number of hydrogen-bond acceptors (Lipinski definition) is 4. The Morgan fingerprint density at radius 1 is 1.28 bits per heavy atom. The number of aliphatic hydroxyl groups excluding tert-OH is 1. The van der Waals surface area contributed by atoms with Crippen molar-refractivity contribution in [3.05, 3.63) is 23.8 Å². The van der Waals surface area contributed by atoms with Gasteiger partial charge in [-0.1, -0.05) is 13.3 Å². The Morgan fingerprint density at radius 2 is 1.94 bits per heavy atom. The lowest BCUT2D eigenvalue weighted by molar-refractivity contribution is 0.133. The Bertz CT molecular complexity index is 360. The summed E-state index contributed by atoms with van der Waals surface area (Å²) < 4.78 is 10.4. The molecule has 0 unspecified atom stereocenters. The minimum atomic E-state index is -0.553. The lowest BCUT2D eigenvalue weighted by Gasteiger charge is -2.21. The second-order valence-corrected chi connectivity index (χ2v) is 3.99. The van der Waals surface area contributed by atoms with Crippen LogP contribution in [0, 0.1) is 0 Å². The van der Waals surface area contributed by atoms with Gasteiger partial charge in [-0.25, -0.2) is 0 Å². The fourth-order valence-electron chi connectivity index (χ4n) is 1.78. The molecular weight excluding hydrogens is 254 g/mol. The molecule has 0 aromatic heterocycles. The van der Waals surface area contributed by atoms with E-state index in [1.807, 2.05) is 19.1 Å². The van der Waals surface area contributed by atoms with Gasteiger partial charge in [0.1, 0.15) is 11.5 Å². The van der Waals surface area contributed by atoms with Gasteiger partial charge in [0.15, 0.2) is 0 Å². The van der Waals surface area contributed by atoms with Crippen molar-refractivity contribution in [2.24, 2.45) is 5.73 Å². The molecule has 1 aromatic rings. The highest BCUT2D eigenvalue weighted by atomic mass is 35.5. The van der Waals surface area contributed by atoms with Gasteiger partial charge in [0.25, 0.3) is 0 Å². The standard InChI is InChI=1S/C13H21NO3.ClH/c1-4-5-11(15)13(14)10-7-6-9(16-2)8-12(10)17-3;/h6-8,11,13,15H,4-5,14H2,1-3H3;1H/t11-,13+;/m0./s1. The maximum Gasteiger partial charge on any atom is 0.127 e. The van der Waals surface area contributed by atoms with E-state index in [9.17, 15) is 5.11 Å². The molecule has 5 heteroatoms. The van der Waals surface area contributed by atoms with Crippen LogP contribution in [0.25, 0.3) is 0 Å². The first-order valence-electron chi connectivity index (χ1n) is 5.79. The molecule has 0 aliphatic heterocycles. The maximum atomic E-state index is 9.91. The Kier molecular flexibility index (Phi) is 7.75. The van der Waals surface area contributed by atoms with Gasteiger partial charge in [-0.2, -0.15) is 0 Å². The van der Waals surface area contributed by atoms with Gasteiger partial charge < -0.3 is 20.3 Å². The Morgan fingerprint density at radius 3 is 2.44 bits per heavy atom. The van der Waals surface area contributed by atoms with Gasteiger partial charge in [-0.15, -0.1) is 12.4 Å². The number of ether oxygens (including phenoxy) is 2. The maximum absolute atomic E-state index is 9.91. The van der Waals surface area contributed by atoms with Crippen molar-refractivity contribution in [1.82, 2.24) is 0 Å². The molecule has 104 valence electrons. The second kappa shape index (κ2) is 8.19. The molecule has 1 rings (SSSR count). The van der Waals surface area contributed by atoms with Crippen LogP contribution in [0.15, 0.2) is 18.2 Å². The van der Waals surface area contributed by atoms with Gasteiger partial charge in [0.05, 0.1) is 26.4 Å². The second-order valence-electron chi connectivity index (χ2n) is 3.99. The van der Waals surface area contributed by atoms with Crippen molar-refractivity contribution in [3.8, 4) is 11.5 Å². The molecule has 2 atom stereocenters. The smallest absolute Gasteiger partial charge is 0.127 e. The van der Waals surface area contributed by atoms with Crippen molar-refractivity contribution < 1.29 is 14.6 Å². The Hall–Kier alpha value is -0.970. The number of nitrogens with two attached hydrogens (primary N) is 1. The third kappa shape index (κ3) is 4.05. The first-order valence-corrected chi connectivity index (χ1v) is 5.79. The minimum Gasteiger partial charge on any atom is -0.497 e. The molecule has 0 aliphatic rings. The van der Waals surface area contributed by atoms with Crippen molar-refractivity contribution in [3.63, 3.8) is 0 Å². The normalized spacial score (nSPS) is 13.4. The summed E-state index contributed by atoms with van der Waals surface area (Å²) in [6, 6.07) is 4.99. The largest absolute Gasteiger partial charge is 0.497 e. The number of methoxy groups -OCH3 is 2.